The van der Waals surface area contributed by atoms with E-state index in [0.717, 1.165) is 12.0 Å². The first-order chi connectivity index (χ1) is 7.83. The summed E-state index contributed by atoms with van der Waals surface area (Å²) in [5.74, 6) is 2.38. The smallest absolute Gasteiger partial charge is 0.00413 e. The third-order valence-electron chi connectivity index (χ3n) is 3.68. The van der Waals surface area contributed by atoms with Crippen LogP contribution in [0.4, 0.5) is 0 Å². The van der Waals surface area contributed by atoms with Crippen molar-refractivity contribution in [1.29, 1.82) is 0 Å². The third kappa shape index (κ3) is 6.80. The first-order valence-corrected chi connectivity index (χ1v) is 8.44. The summed E-state index contributed by atoms with van der Waals surface area (Å²) in [6.07, 6.45) is 13.6. The van der Waals surface area contributed by atoms with E-state index in [-0.39, 0.29) is 0 Å². The van der Waals surface area contributed by atoms with Crippen LogP contribution in [-0.2, 0) is 0 Å². The molecule has 0 aromatic heterocycles. The Morgan fingerprint density at radius 3 is 2.56 bits per heavy atom. The normalized spacial score (nSPS) is 18.4. The fourth-order valence-electron chi connectivity index (χ4n) is 2.39. The van der Waals surface area contributed by atoms with Gasteiger partial charge in [0.2, 0.25) is 0 Å². The number of hydrogen-bond donors (Lipinski definition) is 1. The van der Waals surface area contributed by atoms with Crippen LogP contribution in [0.3, 0.4) is 0 Å². The van der Waals surface area contributed by atoms with Crippen LogP contribution in [0.5, 0.6) is 0 Å². The van der Waals surface area contributed by atoms with Crippen molar-refractivity contribution in [1.82, 2.24) is 5.32 Å². The molecule has 1 rings (SSSR count). The molecular weight excluding hydrogens is 214 g/mol. The monoisotopic (exact) mass is 243 g/mol. The second-order valence-electron chi connectivity index (χ2n) is 5.29. The lowest BCUT2D eigenvalue weighted by molar-refractivity contribution is 0.265. The molecule has 0 aliphatic heterocycles. The molecule has 1 fully saturated rings. The predicted molar refractivity (Wildman–Crippen MR) is 76.3 cm³/mol. The Morgan fingerprint density at radius 2 is 1.94 bits per heavy atom. The van der Waals surface area contributed by atoms with Gasteiger partial charge in [-0.15, -0.1) is 0 Å². The second kappa shape index (κ2) is 9.35. The van der Waals surface area contributed by atoms with Gasteiger partial charge in [0.1, 0.15) is 0 Å². The molecule has 0 bridgehead atoms. The minimum absolute atomic E-state index is 0.747. The van der Waals surface area contributed by atoms with Crippen LogP contribution in [0.1, 0.15) is 58.3 Å². The lowest BCUT2D eigenvalue weighted by Gasteiger charge is -2.28. The van der Waals surface area contributed by atoms with E-state index in [1.807, 2.05) is 11.8 Å². The van der Waals surface area contributed by atoms with Gasteiger partial charge in [0.25, 0.3) is 0 Å². The van der Waals surface area contributed by atoms with Gasteiger partial charge in [-0.2, -0.15) is 11.8 Å². The summed E-state index contributed by atoms with van der Waals surface area (Å²) in [7, 11) is 0. The van der Waals surface area contributed by atoms with E-state index in [0.29, 0.717) is 0 Å². The van der Waals surface area contributed by atoms with Crippen LogP contribution in [0.25, 0.3) is 0 Å². The highest BCUT2D eigenvalue weighted by molar-refractivity contribution is 7.98. The molecule has 0 aromatic rings. The zero-order chi connectivity index (χ0) is 11.6. The summed E-state index contributed by atoms with van der Waals surface area (Å²) >= 11 is 1.97. The Balaban J connectivity index is 1.78. The van der Waals surface area contributed by atoms with Gasteiger partial charge < -0.3 is 5.32 Å². The fraction of sp³-hybridized carbons (Fsp3) is 1.00. The minimum atomic E-state index is 0.747. The average Bonchev–Trinajstić information content (AvgIpc) is 2.22. The molecule has 0 saturated heterocycles. The van der Waals surface area contributed by atoms with Gasteiger partial charge in [0.15, 0.2) is 0 Å². The zero-order valence-corrected chi connectivity index (χ0v) is 12.0. The lowest BCUT2D eigenvalue weighted by atomic mass is 9.81. The molecule has 1 nitrogen and oxygen atoms in total. The average molecular weight is 243 g/mol. The maximum absolute atomic E-state index is 3.67. The molecule has 1 aliphatic carbocycles. The molecule has 1 atom stereocenters. The van der Waals surface area contributed by atoms with E-state index in [2.05, 4.69) is 18.5 Å². The van der Waals surface area contributed by atoms with Crippen molar-refractivity contribution in [2.24, 2.45) is 5.92 Å². The molecule has 1 saturated carbocycles. The van der Waals surface area contributed by atoms with E-state index in [9.17, 15) is 0 Å². The molecule has 1 N–H and O–H groups in total. The Kier molecular flexibility index (Phi) is 8.40. The van der Waals surface area contributed by atoms with Crippen LogP contribution in [-0.4, -0.2) is 24.6 Å². The maximum atomic E-state index is 3.67. The van der Waals surface area contributed by atoms with Crippen molar-refractivity contribution in [2.75, 3.05) is 18.6 Å². The first-order valence-electron chi connectivity index (χ1n) is 7.05. The van der Waals surface area contributed by atoms with Gasteiger partial charge in [-0.05, 0) is 50.7 Å². The number of hydrogen-bond acceptors (Lipinski definition) is 2. The Hall–Kier alpha value is 0.310. The Bertz CT molecular complexity index is 157. The standard InChI is InChI=1S/C14H29NS/c1-13(12-14-8-7-9-14)15-10-5-3-4-6-11-16-2/h13-15H,3-12H2,1-2H3. The molecular formula is C14H29NS. The van der Waals surface area contributed by atoms with Crippen LogP contribution in [0, 0.1) is 5.92 Å². The van der Waals surface area contributed by atoms with Crippen LogP contribution in [0.15, 0.2) is 0 Å². The molecule has 0 amide bonds. The summed E-state index contributed by atoms with van der Waals surface area (Å²) in [6.45, 7) is 3.58. The SMILES string of the molecule is CSCCCCCCNC(C)CC1CCC1. The van der Waals surface area contributed by atoms with Crippen molar-refractivity contribution < 1.29 is 0 Å². The van der Waals surface area contributed by atoms with Gasteiger partial charge >= 0.3 is 0 Å². The molecule has 2 heteroatoms. The molecule has 1 unspecified atom stereocenters. The van der Waals surface area contributed by atoms with E-state index < -0.39 is 0 Å². The molecule has 0 aromatic carbocycles. The summed E-state index contributed by atoms with van der Waals surface area (Å²) in [5, 5.41) is 3.67. The predicted octanol–water partition coefficient (Wildman–Crippen LogP) is 4.08. The van der Waals surface area contributed by atoms with Crippen LogP contribution < -0.4 is 5.32 Å². The van der Waals surface area contributed by atoms with Crippen molar-refractivity contribution in [2.45, 2.75) is 64.3 Å². The number of rotatable bonds is 10. The van der Waals surface area contributed by atoms with E-state index in [1.165, 1.54) is 63.7 Å². The van der Waals surface area contributed by atoms with Gasteiger partial charge in [0.05, 0.1) is 0 Å². The lowest BCUT2D eigenvalue weighted by Crippen LogP contribution is -2.30. The van der Waals surface area contributed by atoms with E-state index in [4.69, 9.17) is 0 Å². The summed E-state index contributed by atoms with van der Waals surface area (Å²) < 4.78 is 0. The number of nitrogens with one attached hydrogen (secondary N) is 1. The minimum Gasteiger partial charge on any atom is -0.314 e. The van der Waals surface area contributed by atoms with E-state index in [1.54, 1.807) is 0 Å². The Morgan fingerprint density at radius 1 is 1.19 bits per heavy atom. The van der Waals surface area contributed by atoms with Crippen molar-refractivity contribution in [3.63, 3.8) is 0 Å². The first kappa shape index (κ1) is 14.4. The summed E-state index contributed by atoms with van der Waals surface area (Å²) in [5.41, 5.74) is 0. The molecule has 96 valence electrons. The Labute approximate surface area is 106 Å². The molecule has 16 heavy (non-hydrogen) atoms. The van der Waals surface area contributed by atoms with Crippen molar-refractivity contribution in [3.8, 4) is 0 Å². The topological polar surface area (TPSA) is 12.0 Å². The summed E-state index contributed by atoms with van der Waals surface area (Å²) in [4.78, 5) is 0. The van der Waals surface area contributed by atoms with Gasteiger partial charge in [-0.1, -0.05) is 32.1 Å². The number of unbranched alkanes of at least 4 members (excludes halogenated alkanes) is 3. The quantitative estimate of drug-likeness (QED) is 0.580. The van der Waals surface area contributed by atoms with Gasteiger partial charge in [0, 0.05) is 6.04 Å². The van der Waals surface area contributed by atoms with Gasteiger partial charge in [-0.25, -0.2) is 0 Å². The van der Waals surface area contributed by atoms with E-state index >= 15 is 0 Å². The maximum Gasteiger partial charge on any atom is 0.00413 e. The highest BCUT2D eigenvalue weighted by Crippen LogP contribution is 2.30. The van der Waals surface area contributed by atoms with Crippen molar-refractivity contribution in [3.05, 3.63) is 0 Å². The highest BCUT2D eigenvalue weighted by Gasteiger charge is 2.19. The third-order valence-corrected chi connectivity index (χ3v) is 4.38. The van der Waals surface area contributed by atoms with Crippen LogP contribution >= 0.6 is 11.8 Å². The van der Waals surface area contributed by atoms with Gasteiger partial charge in [-0.3, -0.25) is 0 Å². The largest absolute Gasteiger partial charge is 0.314 e. The molecule has 0 heterocycles. The molecule has 0 radical (unpaired) electrons. The summed E-state index contributed by atoms with van der Waals surface area (Å²) in [6, 6.07) is 0.747. The number of thioether (sulfide) groups is 1. The highest BCUT2D eigenvalue weighted by atomic mass is 32.2. The fourth-order valence-corrected chi connectivity index (χ4v) is 2.88. The second-order valence-corrected chi connectivity index (χ2v) is 6.28. The zero-order valence-electron chi connectivity index (χ0n) is 11.1. The van der Waals surface area contributed by atoms with Crippen LogP contribution in [0.2, 0.25) is 0 Å². The molecule has 1 aliphatic rings. The molecule has 0 spiro atoms. The van der Waals surface area contributed by atoms with Crippen molar-refractivity contribution >= 4 is 11.8 Å².